The largest absolute Gasteiger partial charge is 0.357 e. The third kappa shape index (κ3) is 6.34. The SMILES string of the molecule is CNC(=O)[C@H](C)N(Cc1ccc(Cl)cc1)C(=O)CN(c1ccc(F)c(Cl)c1)S(=O)(=O)c1ccccc1. The summed E-state index contributed by atoms with van der Waals surface area (Å²) in [5.74, 6) is -1.82. The standard InChI is InChI=1S/C25H24Cl2FN3O4S/c1-17(25(33)29-2)30(15-18-8-10-19(26)11-9-18)24(32)16-31(20-12-13-23(28)22(27)14-20)36(34,35)21-6-4-3-5-7-21/h3-14,17H,15-16H2,1-2H3,(H,29,33)/t17-/m0/s1. The second kappa shape index (κ2) is 11.7. The zero-order valence-electron chi connectivity index (χ0n) is 19.5. The molecule has 0 bridgehead atoms. The van der Waals surface area contributed by atoms with E-state index in [0.717, 1.165) is 16.4 Å². The molecular formula is C25H24Cl2FN3O4S. The van der Waals surface area contributed by atoms with E-state index in [1.807, 2.05) is 0 Å². The number of benzene rings is 3. The average molecular weight is 552 g/mol. The van der Waals surface area contributed by atoms with Crippen molar-refractivity contribution in [1.82, 2.24) is 10.2 Å². The number of hydrogen-bond donors (Lipinski definition) is 1. The quantitative estimate of drug-likeness (QED) is 0.424. The maximum atomic E-state index is 13.8. The number of nitrogens with one attached hydrogen (secondary N) is 1. The monoisotopic (exact) mass is 551 g/mol. The molecule has 3 aromatic carbocycles. The minimum Gasteiger partial charge on any atom is -0.357 e. The van der Waals surface area contributed by atoms with E-state index in [0.29, 0.717) is 10.6 Å². The molecule has 3 aromatic rings. The minimum absolute atomic E-state index is 0.00218. The Morgan fingerprint density at radius 3 is 2.22 bits per heavy atom. The third-order valence-electron chi connectivity index (χ3n) is 5.48. The summed E-state index contributed by atoms with van der Waals surface area (Å²) in [6.07, 6.45) is 0. The van der Waals surface area contributed by atoms with Crippen LogP contribution in [-0.2, 0) is 26.2 Å². The van der Waals surface area contributed by atoms with Gasteiger partial charge in [0.2, 0.25) is 11.8 Å². The van der Waals surface area contributed by atoms with E-state index in [4.69, 9.17) is 23.2 Å². The Balaban J connectivity index is 2.04. The predicted molar refractivity (Wildman–Crippen MR) is 138 cm³/mol. The summed E-state index contributed by atoms with van der Waals surface area (Å²) in [7, 11) is -2.81. The first kappa shape index (κ1) is 27.4. The Morgan fingerprint density at radius 2 is 1.64 bits per heavy atom. The van der Waals surface area contributed by atoms with E-state index >= 15 is 0 Å². The van der Waals surface area contributed by atoms with Crippen molar-refractivity contribution in [2.24, 2.45) is 0 Å². The number of hydrogen-bond acceptors (Lipinski definition) is 4. The fourth-order valence-corrected chi connectivity index (χ4v) is 5.19. The normalized spacial score (nSPS) is 12.0. The van der Waals surface area contributed by atoms with E-state index in [1.165, 1.54) is 37.1 Å². The fourth-order valence-electron chi connectivity index (χ4n) is 3.47. The van der Waals surface area contributed by atoms with Crippen molar-refractivity contribution in [3.8, 4) is 0 Å². The summed E-state index contributed by atoms with van der Waals surface area (Å²) in [4.78, 5) is 27.2. The fraction of sp³-hybridized carbons (Fsp3) is 0.200. The predicted octanol–water partition coefficient (Wildman–Crippen LogP) is 4.49. The van der Waals surface area contributed by atoms with E-state index < -0.39 is 40.2 Å². The van der Waals surface area contributed by atoms with Crippen molar-refractivity contribution >= 4 is 50.7 Å². The van der Waals surface area contributed by atoms with Gasteiger partial charge in [-0.25, -0.2) is 12.8 Å². The Labute approximate surface area is 219 Å². The number of sulfonamides is 1. The van der Waals surface area contributed by atoms with Crippen LogP contribution in [0, 0.1) is 5.82 Å². The Bertz CT molecular complexity index is 1340. The van der Waals surface area contributed by atoms with Gasteiger partial charge in [-0.2, -0.15) is 0 Å². The van der Waals surface area contributed by atoms with Crippen molar-refractivity contribution in [2.45, 2.75) is 24.4 Å². The van der Waals surface area contributed by atoms with Crippen LogP contribution in [0.5, 0.6) is 0 Å². The molecule has 190 valence electrons. The molecule has 1 atom stereocenters. The maximum absolute atomic E-state index is 13.8. The van der Waals surface area contributed by atoms with Gasteiger partial charge < -0.3 is 10.2 Å². The highest BCUT2D eigenvalue weighted by molar-refractivity contribution is 7.92. The van der Waals surface area contributed by atoms with Crippen LogP contribution in [0.2, 0.25) is 10.0 Å². The molecule has 0 radical (unpaired) electrons. The second-order valence-corrected chi connectivity index (χ2v) is 10.6. The van der Waals surface area contributed by atoms with E-state index in [1.54, 1.807) is 42.5 Å². The molecule has 0 unspecified atom stereocenters. The maximum Gasteiger partial charge on any atom is 0.264 e. The van der Waals surface area contributed by atoms with Gasteiger partial charge in [0.25, 0.3) is 10.0 Å². The molecule has 7 nitrogen and oxygen atoms in total. The van der Waals surface area contributed by atoms with Crippen LogP contribution in [0.1, 0.15) is 12.5 Å². The number of likely N-dealkylation sites (N-methyl/N-ethyl adjacent to an activating group) is 1. The number of halogens is 3. The van der Waals surface area contributed by atoms with Gasteiger partial charge in [-0.05, 0) is 55.0 Å². The average Bonchev–Trinajstić information content (AvgIpc) is 2.88. The number of amides is 2. The van der Waals surface area contributed by atoms with Crippen molar-refractivity contribution in [1.29, 1.82) is 0 Å². The lowest BCUT2D eigenvalue weighted by molar-refractivity contribution is -0.139. The summed E-state index contributed by atoms with van der Waals surface area (Å²) in [6, 6.07) is 16.7. The zero-order valence-corrected chi connectivity index (χ0v) is 21.8. The number of rotatable bonds is 9. The summed E-state index contributed by atoms with van der Waals surface area (Å²) in [5, 5.41) is 2.71. The first-order valence-electron chi connectivity index (χ1n) is 10.8. The first-order chi connectivity index (χ1) is 17.0. The van der Waals surface area contributed by atoms with E-state index in [9.17, 15) is 22.4 Å². The van der Waals surface area contributed by atoms with Crippen molar-refractivity contribution < 1.29 is 22.4 Å². The zero-order chi connectivity index (χ0) is 26.5. The highest BCUT2D eigenvalue weighted by Crippen LogP contribution is 2.28. The summed E-state index contributed by atoms with van der Waals surface area (Å²) >= 11 is 11.9. The van der Waals surface area contributed by atoms with E-state index in [2.05, 4.69) is 5.32 Å². The summed E-state index contributed by atoms with van der Waals surface area (Å²) in [6.45, 7) is 0.902. The van der Waals surface area contributed by atoms with Gasteiger partial charge >= 0.3 is 0 Å². The molecule has 0 spiro atoms. The highest BCUT2D eigenvalue weighted by atomic mass is 35.5. The van der Waals surface area contributed by atoms with Crippen molar-refractivity contribution in [3.05, 3.63) is 94.2 Å². The molecule has 0 saturated heterocycles. The minimum atomic E-state index is -4.26. The van der Waals surface area contributed by atoms with E-state index in [-0.39, 0.29) is 22.2 Å². The molecule has 0 fully saturated rings. The lowest BCUT2D eigenvalue weighted by Crippen LogP contribution is -2.50. The van der Waals surface area contributed by atoms with Crippen LogP contribution >= 0.6 is 23.2 Å². The molecule has 0 saturated carbocycles. The number of anilines is 1. The highest BCUT2D eigenvalue weighted by Gasteiger charge is 2.32. The van der Waals surface area contributed by atoms with Crippen LogP contribution in [-0.4, -0.2) is 44.8 Å². The molecule has 0 aromatic heterocycles. The number of nitrogens with zero attached hydrogens (tertiary/aromatic N) is 2. The van der Waals surface area contributed by atoms with Crippen molar-refractivity contribution in [3.63, 3.8) is 0 Å². The molecule has 36 heavy (non-hydrogen) atoms. The smallest absolute Gasteiger partial charge is 0.264 e. The van der Waals surface area contributed by atoms with Gasteiger partial charge in [-0.1, -0.05) is 53.5 Å². The van der Waals surface area contributed by atoms with Gasteiger partial charge in [-0.3, -0.25) is 13.9 Å². The van der Waals surface area contributed by atoms with Gasteiger partial charge in [-0.15, -0.1) is 0 Å². The van der Waals surface area contributed by atoms with Crippen LogP contribution < -0.4 is 9.62 Å². The van der Waals surface area contributed by atoms with Gasteiger partial charge in [0, 0.05) is 18.6 Å². The van der Waals surface area contributed by atoms with Crippen LogP contribution in [0.3, 0.4) is 0 Å². The topological polar surface area (TPSA) is 86.8 Å². The second-order valence-electron chi connectivity index (χ2n) is 7.86. The number of carbonyl (C=O) groups is 2. The molecule has 0 aliphatic carbocycles. The Kier molecular flexibility index (Phi) is 8.94. The Hall–Kier alpha value is -3.14. The van der Waals surface area contributed by atoms with Crippen LogP contribution in [0.25, 0.3) is 0 Å². The van der Waals surface area contributed by atoms with Gasteiger partial charge in [0.05, 0.1) is 15.6 Å². The van der Waals surface area contributed by atoms with Crippen LogP contribution in [0.4, 0.5) is 10.1 Å². The third-order valence-corrected chi connectivity index (χ3v) is 7.81. The molecule has 0 heterocycles. The molecule has 0 aliphatic heterocycles. The van der Waals surface area contributed by atoms with Gasteiger partial charge in [0.1, 0.15) is 18.4 Å². The summed E-state index contributed by atoms with van der Waals surface area (Å²) in [5.41, 5.74) is 0.684. The van der Waals surface area contributed by atoms with Crippen molar-refractivity contribution in [2.75, 3.05) is 17.9 Å². The van der Waals surface area contributed by atoms with Crippen LogP contribution in [0.15, 0.2) is 77.7 Å². The molecule has 3 rings (SSSR count). The number of carbonyl (C=O) groups excluding carboxylic acids is 2. The lowest BCUT2D eigenvalue weighted by atomic mass is 10.1. The summed E-state index contributed by atoms with van der Waals surface area (Å²) < 4.78 is 41.8. The van der Waals surface area contributed by atoms with Gasteiger partial charge in [0.15, 0.2) is 0 Å². The molecule has 11 heteroatoms. The molecular weight excluding hydrogens is 528 g/mol. The Morgan fingerprint density at radius 1 is 1.00 bits per heavy atom. The molecule has 2 amide bonds. The lowest BCUT2D eigenvalue weighted by Gasteiger charge is -2.31. The first-order valence-corrected chi connectivity index (χ1v) is 13.0. The molecule has 1 N–H and O–H groups in total. The molecule has 0 aliphatic rings.